The molecule has 2 rings (SSSR count). The van der Waals surface area contributed by atoms with Gasteiger partial charge < -0.3 is 20.7 Å². The van der Waals surface area contributed by atoms with Crippen molar-refractivity contribution in [3.63, 3.8) is 0 Å². The lowest BCUT2D eigenvalue weighted by Crippen LogP contribution is -2.55. The van der Waals surface area contributed by atoms with Gasteiger partial charge >= 0.3 is 0 Å². The van der Waals surface area contributed by atoms with Crippen molar-refractivity contribution >= 4 is 27.5 Å². The number of anilines is 1. The number of nitrogens with one attached hydrogen (secondary N) is 1. The number of ether oxygens (including phenoxy) is 1. The van der Waals surface area contributed by atoms with Gasteiger partial charge in [0.2, 0.25) is 5.91 Å². The second-order valence-electron chi connectivity index (χ2n) is 5.44. The van der Waals surface area contributed by atoms with Crippen LogP contribution < -0.4 is 16.0 Å². The van der Waals surface area contributed by atoms with Crippen LogP contribution in [0.2, 0.25) is 0 Å². The summed E-state index contributed by atoms with van der Waals surface area (Å²) >= 11 is 3.58. The summed E-state index contributed by atoms with van der Waals surface area (Å²) in [4.78, 5) is 14.4. The van der Waals surface area contributed by atoms with E-state index >= 15 is 0 Å². The molecule has 1 aliphatic heterocycles. The van der Waals surface area contributed by atoms with Crippen molar-refractivity contribution in [3.8, 4) is 0 Å². The molecule has 0 bridgehead atoms. The van der Waals surface area contributed by atoms with Crippen LogP contribution in [-0.2, 0) is 16.1 Å². The zero-order valence-electron chi connectivity index (χ0n) is 12.4. The molecule has 21 heavy (non-hydrogen) atoms. The van der Waals surface area contributed by atoms with Gasteiger partial charge in [-0.1, -0.05) is 6.07 Å². The van der Waals surface area contributed by atoms with Gasteiger partial charge in [-0.05, 0) is 47.5 Å². The molecule has 1 amide bonds. The molecule has 6 heteroatoms. The van der Waals surface area contributed by atoms with Gasteiger partial charge in [0, 0.05) is 23.6 Å². The molecule has 1 saturated heterocycles. The van der Waals surface area contributed by atoms with Gasteiger partial charge in [0.25, 0.3) is 0 Å². The minimum atomic E-state index is -0.304. The van der Waals surface area contributed by atoms with Crippen molar-refractivity contribution in [2.45, 2.75) is 32.5 Å². The fourth-order valence-corrected chi connectivity index (χ4v) is 3.05. The Hall–Kier alpha value is -1.11. The predicted molar refractivity (Wildman–Crippen MR) is 87.3 cm³/mol. The molecular formula is C15H22BrN3O2. The predicted octanol–water partition coefficient (Wildman–Crippen LogP) is 1.64. The first kappa shape index (κ1) is 16.3. The standard InChI is InChI=1S/C15H22BrN3O2/c1-10(2)18-15(20)14-9-21-6-5-19(14)13-4-3-11(8-17)7-12(13)16/h3-4,7,10,14H,5-6,8-9,17H2,1-2H3,(H,18,20). The number of hydrogen-bond donors (Lipinski definition) is 2. The minimum Gasteiger partial charge on any atom is -0.377 e. The Morgan fingerprint density at radius 1 is 1.57 bits per heavy atom. The topological polar surface area (TPSA) is 67.6 Å². The third-order valence-corrected chi connectivity index (χ3v) is 4.05. The Morgan fingerprint density at radius 2 is 2.33 bits per heavy atom. The third kappa shape index (κ3) is 3.96. The molecule has 0 aromatic heterocycles. The van der Waals surface area contributed by atoms with Crippen molar-refractivity contribution in [2.75, 3.05) is 24.7 Å². The Balaban J connectivity index is 2.24. The van der Waals surface area contributed by atoms with Crippen LogP contribution in [0, 0.1) is 0 Å². The summed E-state index contributed by atoms with van der Waals surface area (Å²) in [6, 6.07) is 5.81. The molecule has 1 atom stereocenters. The van der Waals surface area contributed by atoms with Gasteiger partial charge in [-0.3, -0.25) is 4.79 Å². The smallest absolute Gasteiger partial charge is 0.245 e. The van der Waals surface area contributed by atoms with Crippen LogP contribution in [-0.4, -0.2) is 37.7 Å². The number of carbonyl (C=O) groups is 1. The first-order valence-corrected chi connectivity index (χ1v) is 7.95. The van der Waals surface area contributed by atoms with Crippen molar-refractivity contribution in [3.05, 3.63) is 28.2 Å². The largest absolute Gasteiger partial charge is 0.377 e. The fourth-order valence-electron chi connectivity index (χ4n) is 2.40. The van der Waals surface area contributed by atoms with Crippen LogP contribution in [0.15, 0.2) is 22.7 Å². The number of nitrogens with two attached hydrogens (primary N) is 1. The monoisotopic (exact) mass is 355 g/mol. The number of hydrogen-bond acceptors (Lipinski definition) is 4. The van der Waals surface area contributed by atoms with Crippen LogP contribution in [0.5, 0.6) is 0 Å². The second-order valence-corrected chi connectivity index (χ2v) is 6.29. The molecule has 1 heterocycles. The molecule has 3 N–H and O–H groups in total. The molecular weight excluding hydrogens is 334 g/mol. The number of morpholine rings is 1. The first-order chi connectivity index (χ1) is 10.0. The molecule has 1 aliphatic rings. The third-order valence-electron chi connectivity index (χ3n) is 3.42. The number of halogens is 1. The van der Waals surface area contributed by atoms with Crippen LogP contribution in [0.4, 0.5) is 5.69 Å². The summed E-state index contributed by atoms with van der Waals surface area (Å²) in [7, 11) is 0. The SMILES string of the molecule is CC(C)NC(=O)C1COCCN1c1ccc(CN)cc1Br. The zero-order chi connectivity index (χ0) is 15.4. The van der Waals surface area contributed by atoms with E-state index in [1.807, 2.05) is 32.0 Å². The number of amides is 1. The van der Waals surface area contributed by atoms with Gasteiger partial charge in [0.15, 0.2) is 0 Å². The first-order valence-electron chi connectivity index (χ1n) is 7.16. The Bertz CT molecular complexity index is 508. The normalized spacial score (nSPS) is 18.9. The highest BCUT2D eigenvalue weighted by Crippen LogP contribution is 2.30. The highest BCUT2D eigenvalue weighted by molar-refractivity contribution is 9.10. The molecule has 116 valence electrons. The van der Waals surface area contributed by atoms with Crippen molar-refractivity contribution in [1.29, 1.82) is 0 Å². The summed E-state index contributed by atoms with van der Waals surface area (Å²) in [6.07, 6.45) is 0. The highest BCUT2D eigenvalue weighted by Gasteiger charge is 2.30. The van der Waals surface area contributed by atoms with E-state index in [4.69, 9.17) is 10.5 Å². The van der Waals surface area contributed by atoms with Crippen LogP contribution in [0.25, 0.3) is 0 Å². The average molecular weight is 356 g/mol. The Labute approximate surface area is 134 Å². The van der Waals surface area contributed by atoms with E-state index in [9.17, 15) is 4.79 Å². The van der Waals surface area contributed by atoms with Gasteiger partial charge in [0.05, 0.1) is 18.9 Å². The number of nitrogens with zero attached hydrogens (tertiary/aromatic N) is 1. The lowest BCUT2D eigenvalue weighted by atomic mass is 10.1. The number of rotatable bonds is 4. The molecule has 0 spiro atoms. The summed E-state index contributed by atoms with van der Waals surface area (Å²) in [5.41, 5.74) is 7.72. The molecule has 0 aliphatic carbocycles. The fraction of sp³-hybridized carbons (Fsp3) is 0.533. The number of benzene rings is 1. The Morgan fingerprint density at radius 3 is 2.95 bits per heavy atom. The lowest BCUT2D eigenvalue weighted by Gasteiger charge is -2.37. The lowest BCUT2D eigenvalue weighted by molar-refractivity contribution is -0.125. The molecule has 1 unspecified atom stereocenters. The summed E-state index contributed by atoms with van der Waals surface area (Å²) in [6.45, 7) is 6.13. The summed E-state index contributed by atoms with van der Waals surface area (Å²) in [5, 5.41) is 2.96. The average Bonchev–Trinajstić information content (AvgIpc) is 2.46. The van der Waals surface area contributed by atoms with Crippen molar-refractivity contribution in [1.82, 2.24) is 5.32 Å². The van der Waals surface area contributed by atoms with Gasteiger partial charge in [-0.15, -0.1) is 0 Å². The van der Waals surface area contributed by atoms with E-state index in [0.717, 1.165) is 15.7 Å². The Kier molecular flexibility index (Phi) is 5.61. The quantitative estimate of drug-likeness (QED) is 0.861. The molecule has 1 fully saturated rings. The van der Waals surface area contributed by atoms with Gasteiger partial charge in [-0.2, -0.15) is 0 Å². The minimum absolute atomic E-state index is 0.000462. The number of carbonyl (C=O) groups excluding carboxylic acids is 1. The summed E-state index contributed by atoms with van der Waals surface area (Å²) in [5.74, 6) is -0.000462. The van der Waals surface area contributed by atoms with E-state index in [1.54, 1.807) is 0 Å². The van der Waals surface area contributed by atoms with Crippen LogP contribution in [0.1, 0.15) is 19.4 Å². The van der Waals surface area contributed by atoms with E-state index in [1.165, 1.54) is 0 Å². The van der Waals surface area contributed by atoms with Gasteiger partial charge in [-0.25, -0.2) is 0 Å². The van der Waals surface area contributed by atoms with Crippen molar-refractivity contribution < 1.29 is 9.53 Å². The van der Waals surface area contributed by atoms with E-state index in [0.29, 0.717) is 26.3 Å². The van der Waals surface area contributed by atoms with Crippen LogP contribution >= 0.6 is 15.9 Å². The maximum Gasteiger partial charge on any atom is 0.245 e. The van der Waals surface area contributed by atoms with E-state index in [2.05, 4.69) is 26.1 Å². The molecule has 0 radical (unpaired) electrons. The molecule has 1 aromatic rings. The summed E-state index contributed by atoms with van der Waals surface area (Å²) < 4.78 is 6.44. The van der Waals surface area contributed by atoms with Gasteiger partial charge in [0.1, 0.15) is 6.04 Å². The van der Waals surface area contributed by atoms with E-state index in [-0.39, 0.29) is 18.0 Å². The molecule has 0 saturated carbocycles. The molecule has 1 aromatic carbocycles. The second kappa shape index (κ2) is 7.24. The highest BCUT2D eigenvalue weighted by atomic mass is 79.9. The van der Waals surface area contributed by atoms with Crippen LogP contribution in [0.3, 0.4) is 0 Å². The maximum atomic E-state index is 12.4. The molecule has 5 nitrogen and oxygen atoms in total. The van der Waals surface area contributed by atoms with Crippen molar-refractivity contribution in [2.24, 2.45) is 5.73 Å². The van der Waals surface area contributed by atoms with E-state index < -0.39 is 0 Å². The maximum absolute atomic E-state index is 12.4. The zero-order valence-corrected chi connectivity index (χ0v) is 14.0.